The van der Waals surface area contributed by atoms with E-state index in [0.717, 1.165) is 23.0 Å². The monoisotopic (exact) mass is 426 g/mol. The van der Waals surface area contributed by atoms with E-state index in [0.29, 0.717) is 0 Å². The SMILES string of the molecule is CC(Cl)CC(=O)Nc1c([N+](=O)[O-])cnn1-c1c(Cl)ccc(C(F)F)c1Cl. The number of rotatable bonds is 6. The third kappa shape index (κ3) is 4.22. The number of hydrogen-bond acceptors (Lipinski definition) is 4. The van der Waals surface area contributed by atoms with Crippen LogP contribution in [0.25, 0.3) is 5.69 Å². The summed E-state index contributed by atoms with van der Waals surface area (Å²) in [7, 11) is 0. The van der Waals surface area contributed by atoms with Crippen LogP contribution in [0.4, 0.5) is 20.3 Å². The van der Waals surface area contributed by atoms with Crippen LogP contribution in [-0.4, -0.2) is 26.0 Å². The normalized spacial score (nSPS) is 12.3. The number of nitro groups is 1. The molecule has 12 heteroatoms. The van der Waals surface area contributed by atoms with Crippen molar-refractivity contribution in [3.63, 3.8) is 0 Å². The predicted octanol–water partition coefficient (Wildman–Crippen LogP) is 4.98. The number of amides is 1. The number of nitrogens with zero attached hydrogens (tertiary/aromatic N) is 3. The molecule has 140 valence electrons. The van der Waals surface area contributed by atoms with Gasteiger partial charge in [0, 0.05) is 17.4 Å². The van der Waals surface area contributed by atoms with Crippen molar-refractivity contribution < 1.29 is 18.5 Å². The Kier molecular flexibility index (Phi) is 6.38. The fourth-order valence-electron chi connectivity index (χ4n) is 2.12. The van der Waals surface area contributed by atoms with Gasteiger partial charge in [0.25, 0.3) is 6.43 Å². The first-order chi connectivity index (χ1) is 12.1. The second-order valence-corrected chi connectivity index (χ2v) is 6.71. The number of carbonyl (C=O) groups excluding carboxylic acids is 1. The summed E-state index contributed by atoms with van der Waals surface area (Å²) in [6.07, 6.45) is -2.19. The van der Waals surface area contributed by atoms with E-state index in [1.54, 1.807) is 6.92 Å². The molecule has 0 aliphatic heterocycles. The highest BCUT2D eigenvalue weighted by atomic mass is 35.5. The van der Waals surface area contributed by atoms with Crippen molar-refractivity contribution in [1.82, 2.24) is 9.78 Å². The Balaban J connectivity index is 2.63. The highest BCUT2D eigenvalue weighted by molar-refractivity contribution is 6.38. The first-order valence-electron chi connectivity index (χ1n) is 7.06. The number of anilines is 1. The van der Waals surface area contributed by atoms with Crippen LogP contribution >= 0.6 is 34.8 Å². The zero-order valence-corrected chi connectivity index (χ0v) is 15.3. The summed E-state index contributed by atoms with van der Waals surface area (Å²) in [6.45, 7) is 1.56. The molecule has 0 spiro atoms. The molecule has 0 fully saturated rings. The number of benzene rings is 1. The van der Waals surface area contributed by atoms with Crippen LogP contribution in [0.2, 0.25) is 10.0 Å². The van der Waals surface area contributed by atoms with Gasteiger partial charge in [-0.05, 0) is 13.0 Å². The molecular weight excluding hydrogens is 417 g/mol. The average Bonchev–Trinajstić information content (AvgIpc) is 2.89. The fourth-order valence-corrected chi connectivity index (χ4v) is 2.87. The molecule has 1 aromatic heterocycles. The van der Waals surface area contributed by atoms with Gasteiger partial charge < -0.3 is 5.32 Å². The molecule has 1 heterocycles. The van der Waals surface area contributed by atoms with Crippen molar-refractivity contribution in [3.05, 3.63) is 44.1 Å². The Morgan fingerprint density at radius 2 is 2.08 bits per heavy atom. The van der Waals surface area contributed by atoms with Crippen molar-refractivity contribution in [3.8, 4) is 5.69 Å². The van der Waals surface area contributed by atoms with E-state index in [4.69, 9.17) is 34.8 Å². The summed E-state index contributed by atoms with van der Waals surface area (Å²) in [5, 5.41) is 16.2. The van der Waals surface area contributed by atoms with Crippen molar-refractivity contribution in [2.24, 2.45) is 0 Å². The zero-order chi connectivity index (χ0) is 19.6. The van der Waals surface area contributed by atoms with Gasteiger partial charge in [0.2, 0.25) is 11.7 Å². The quantitative estimate of drug-likeness (QED) is 0.400. The second kappa shape index (κ2) is 8.15. The molecule has 2 rings (SSSR count). The summed E-state index contributed by atoms with van der Waals surface area (Å²) >= 11 is 17.8. The maximum atomic E-state index is 13.1. The van der Waals surface area contributed by atoms with E-state index in [1.807, 2.05) is 0 Å². The molecule has 1 atom stereocenters. The third-order valence-corrected chi connectivity index (χ3v) is 4.07. The van der Waals surface area contributed by atoms with Crippen LogP contribution in [0.3, 0.4) is 0 Å². The highest BCUT2D eigenvalue weighted by Gasteiger charge is 2.27. The Labute approximate surface area is 161 Å². The number of nitrogens with one attached hydrogen (secondary N) is 1. The van der Waals surface area contributed by atoms with E-state index in [-0.39, 0.29) is 22.9 Å². The van der Waals surface area contributed by atoms with E-state index in [1.165, 1.54) is 0 Å². The van der Waals surface area contributed by atoms with E-state index in [2.05, 4.69) is 10.4 Å². The number of alkyl halides is 3. The first-order valence-corrected chi connectivity index (χ1v) is 8.25. The first kappa shape index (κ1) is 20.3. The minimum atomic E-state index is -2.90. The van der Waals surface area contributed by atoms with E-state index in [9.17, 15) is 23.7 Å². The van der Waals surface area contributed by atoms with Crippen LogP contribution in [0.1, 0.15) is 25.3 Å². The van der Waals surface area contributed by atoms with E-state index < -0.39 is 38.9 Å². The Hall–Kier alpha value is -1.97. The van der Waals surface area contributed by atoms with Crippen LogP contribution < -0.4 is 5.32 Å². The zero-order valence-electron chi connectivity index (χ0n) is 13.1. The van der Waals surface area contributed by atoms with Gasteiger partial charge >= 0.3 is 5.69 Å². The maximum absolute atomic E-state index is 13.1. The molecule has 0 saturated heterocycles. The summed E-state index contributed by atoms with van der Waals surface area (Å²) in [4.78, 5) is 22.4. The van der Waals surface area contributed by atoms with Gasteiger partial charge in [0.15, 0.2) is 0 Å². The Morgan fingerprint density at radius 3 is 2.62 bits per heavy atom. The number of carbonyl (C=O) groups is 1. The third-order valence-electron chi connectivity index (χ3n) is 3.21. The molecule has 1 aromatic carbocycles. The van der Waals surface area contributed by atoms with Gasteiger partial charge in [0.1, 0.15) is 11.9 Å². The van der Waals surface area contributed by atoms with Crippen LogP contribution in [-0.2, 0) is 4.79 Å². The molecule has 0 aliphatic rings. The summed E-state index contributed by atoms with van der Waals surface area (Å²) in [5.74, 6) is -0.998. The summed E-state index contributed by atoms with van der Waals surface area (Å²) < 4.78 is 27.0. The van der Waals surface area contributed by atoms with Crippen molar-refractivity contribution in [1.29, 1.82) is 0 Å². The molecule has 7 nitrogen and oxygen atoms in total. The predicted molar refractivity (Wildman–Crippen MR) is 93.8 cm³/mol. The van der Waals surface area contributed by atoms with Gasteiger partial charge in [-0.25, -0.2) is 13.5 Å². The van der Waals surface area contributed by atoms with Gasteiger partial charge in [-0.3, -0.25) is 14.9 Å². The lowest BCUT2D eigenvalue weighted by atomic mass is 10.2. The molecule has 1 N–H and O–H groups in total. The fraction of sp³-hybridized carbons (Fsp3) is 0.286. The molecular formula is C14H11Cl3F2N4O3. The average molecular weight is 428 g/mol. The van der Waals surface area contributed by atoms with Gasteiger partial charge in [-0.2, -0.15) is 5.10 Å². The second-order valence-electron chi connectivity index (χ2n) is 5.18. The number of hydrogen-bond donors (Lipinski definition) is 1. The maximum Gasteiger partial charge on any atom is 0.331 e. The summed E-state index contributed by atoms with van der Waals surface area (Å²) in [6, 6.07) is 2.19. The molecule has 1 amide bonds. The van der Waals surface area contributed by atoms with Crippen molar-refractivity contribution in [2.75, 3.05) is 5.32 Å². The molecule has 0 radical (unpaired) electrons. The Morgan fingerprint density at radius 1 is 1.42 bits per heavy atom. The lowest BCUT2D eigenvalue weighted by Crippen LogP contribution is -2.18. The Bertz CT molecular complexity index is 858. The minimum absolute atomic E-state index is 0.0846. The van der Waals surface area contributed by atoms with Crippen LogP contribution in [0.5, 0.6) is 0 Å². The lowest BCUT2D eigenvalue weighted by Gasteiger charge is -2.14. The van der Waals surface area contributed by atoms with E-state index >= 15 is 0 Å². The van der Waals surface area contributed by atoms with Crippen LogP contribution in [0.15, 0.2) is 18.3 Å². The molecule has 0 aliphatic carbocycles. The van der Waals surface area contributed by atoms with Crippen molar-refractivity contribution >= 4 is 52.2 Å². The topological polar surface area (TPSA) is 90.1 Å². The van der Waals surface area contributed by atoms with Gasteiger partial charge in [-0.1, -0.05) is 29.3 Å². The van der Waals surface area contributed by atoms with Crippen molar-refractivity contribution in [2.45, 2.75) is 25.1 Å². The molecule has 0 saturated carbocycles. The molecule has 26 heavy (non-hydrogen) atoms. The number of aromatic nitrogens is 2. The standard InChI is InChI=1S/C14H11Cl3F2N4O3/c1-6(15)4-10(24)21-14-9(23(25)26)5-20-22(14)12-8(16)3-2-7(11(12)17)13(18)19/h2-3,5-6,13H,4H2,1H3,(H,21,24). The number of halogens is 5. The van der Waals surface area contributed by atoms with Crippen LogP contribution in [0, 0.1) is 10.1 Å². The largest absolute Gasteiger partial charge is 0.331 e. The summed E-state index contributed by atoms with van der Waals surface area (Å²) in [5.41, 5.74) is -1.31. The molecule has 0 bridgehead atoms. The molecule has 1 unspecified atom stereocenters. The van der Waals surface area contributed by atoms with Gasteiger partial charge in [-0.15, -0.1) is 11.6 Å². The lowest BCUT2D eigenvalue weighted by molar-refractivity contribution is -0.384. The smallest absolute Gasteiger partial charge is 0.305 e. The van der Waals surface area contributed by atoms with Gasteiger partial charge in [0.05, 0.1) is 15.0 Å². The highest BCUT2D eigenvalue weighted by Crippen LogP contribution is 2.39. The molecule has 2 aromatic rings. The minimum Gasteiger partial charge on any atom is -0.305 e.